The number of anilines is 3. The minimum Gasteiger partial charge on any atom is -0.443 e. The molecule has 0 radical (unpaired) electrons. The number of piperazine rings is 1. The highest BCUT2D eigenvalue weighted by Crippen LogP contribution is 2.27. The van der Waals surface area contributed by atoms with Gasteiger partial charge in [0.2, 0.25) is 0 Å². The third-order valence-electron chi connectivity index (χ3n) is 5.86. The summed E-state index contributed by atoms with van der Waals surface area (Å²) in [5.41, 5.74) is 11.7. The highest BCUT2D eigenvalue weighted by Gasteiger charge is 2.31. The van der Waals surface area contributed by atoms with Crippen molar-refractivity contribution in [1.82, 2.24) is 0 Å². The SMILES string of the molecule is Cc1cccc(N2CCN(c3ccc(N4C[C@H](CN)OC4=O)cc3)CC2)c1C. The summed E-state index contributed by atoms with van der Waals surface area (Å²) in [6.07, 6.45) is -0.532. The molecule has 0 aliphatic carbocycles. The summed E-state index contributed by atoms with van der Waals surface area (Å²) in [6.45, 7) is 9.21. The number of ether oxygens (including phenoxy) is 1. The topological polar surface area (TPSA) is 62.0 Å². The van der Waals surface area contributed by atoms with Crippen LogP contribution in [0, 0.1) is 13.8 Å². The van der Waals surface area contributed by atoms with Crippen LogP contribution in [0.1, 0.15) is 11.1 Å². The Labute approximate surface area is 166 Å². The standard InChI is InChI=1S/C22H28N4O2/c1-16-4-3-5-21(17(16)2)25-12-10-24(11-13-25)18-6-8-19(9-7-18)26-15-20(14-23)28-22(26)27/h3-9,20H,10-15,23H2,1-2H3/t20-/m0/s1. The van der Waals surface area contributed by atoms with Gasteiger partial charge in [-0.2, -0.15) is 0 Å². The van der Waals surface area contributed by atoms with Crippen LogP contribution in [0.2, 0.25) is 0 Å². The van der Waals surface area contributed by atoms with Gasteiger partial charge in [0.15, 0.2) is 0 Å². The Morgan fingerprint density at radius 3 is 2.25 bits per heavy atom. The summed E-state index contributed by atoms with van der Waals surface area (Å²) >= 11 is 0. The van der Waals surface area contributed by atoms with Gasteiger partial charge in [0.05, 0.1) is 6.54 Å². The van der Waals surface area contributed by atoms with E-state index in [1.54, 1.807) is 4.90 Å². The number of carbonyl (C=O) groups excluding carboxylic acids is 1. The van der Waals surface area contributed by atoms with Gasteiger partial charge in [0.1, 0.15) is 6.10 Å². The number of hydrogen-bond acceptors (Lipinski definition) is 5. The number of cyclic esters (lactones) is 1. The molecule has 2 aliphatic rings. The van der Waals surface area contributed by atoms with E-state index in [2.05, 4.69) is 54.0 Å². The average Bonchev–Trinajstić information content (AvgIpc) is 3.11. The van der Waals surface area contributed by atoms with Gasteiger partial charge in [0.25, 0.3) is 0 Å². The van der Waals surface area contributed by atoms with Crippen LogP contribution in [0.15, 0.2) is 42.5 Å². The molecule has 2 aromatic carbocycles. The van der Waals surface area contributed by atoms with E-state index in [-0.39, 0.29) is 12.2 Å². The molecule has 6 heteroatoms. The van der Waals surface area contributed by atoms with E-state index in [1.165, 1.54) is 22.5 Å². The molecule has 0 bridgehead atoms. The van der Waals surface area contributed by atoms with Gasteiger partial charge in [-0.15, -0.1) is 0 Å². The largest absolute Gasteiger partial charge is 0.443 e. The fraction of sp³-hybridized carbons (Fsp3) is 0.409. The first kappa shape index (κ1) is 18.6. The number of rotatable bonds is 4. The molecule has 2 aromatic rings. The van der Waals surface area contributed by atoms with Crippen molar-refractivity contribution < 1.29 is 9.53 Å². The molecule has 6 nitrogen and oxygen atoms in total. The molecule has 2 fully saturated rings. The van der Waals surface area contributed by atoms with Crippen molar-refractivity contribution in [3.05, 3.63) is 53.6 Å². The van der Waals surface area contributed by atoms with Crippen LogP contribution < -0.4 is 20.4 Å². The van der Waals surface area contributed by atoms with Crippen LogP contribution in [-0.2, 0) is 4.74 Å². The summed E-state index contributed by atoms with van der Waals surface area (Å²) in [5.74, 6) is 0. The molecule has 148 valence electrons. The average molecular weight is 380 g/mol. The fourth-order valence-electron chi connectivity index (χ4n) is 3.98. The highest BCUT2D eigenvalue weighted by atomic mass is 16.6. The van der Waals surface area contributed by atoms with E-state index in [0.29, 0.717) is 13.1 Å². The van der Waals surface area contributed by atoms with E-state index in [1.807, 2.05) is 12.1 Å². The minimum absolute atomic E-state index is 0.217. The zero-order chi connectivity index (χ0) is 19.7. The maximum absolute atomic E-state index is 12.0. The van der Waals surface area contributed by atoms with Crippen molar-refractivity contribution >= 4 is 23.2 Å². The molecule has 1 atom stereocenters. The van der Waals surface area contributed by atoms with E-state index >= 15 is 0 Å². The Kier molecular flexibility index (Phi) is 5.13. The van der Waals surface area contributed by atoms with Gasteiger partial charge < -0.3 is 20.3 Å². The molecular weight excluding hydrogens is 352 g/mol. The maximum atomic E-state index is 12.0. The summed E-state index contributed by atoms with van der Waals surface area (Å²) in [6, 6.07) is 14.7. The highest BCUT2D eigenvalue weighted by molar-refractivity contribution is 5.90. The van der Waals surface area contributed by atoms with Crippen molar-refractivity contribution in [3.63, 3.8) is 0 Å². The van der Waals surface area contributed by atoms with E-state index in [0.717, 1.165) is 31.9 Å². The normalized spacial score (nSPS) is 19.9. The number of aryl methyl sites for hydroxylation is 1. The summed E-state index contributed by atoms with van der Waals surface area (Å²) in [7, 11) is 0. The van der Waals surface area contributed by atoms with E-state index in [4.69, 9.17) is 10.5 Å². The Hall–Kier alpha value is -2.73. The third kappa shape index (κ3) is 3.52. The first-order chi connectivity index (χ1) is 13.6. The Bertz CT molecular complexity index is 844. The molecule has 2 heterocycles. The first-order valence-electron chi connectivity index (χ1n) is 9.91. The molecule has 2 saturated heterocycles. The molecular formula is C22H28N4O2. The fourth-order valence-corrected chi connectivity index (χ4v) is 3.98. The second kappa shape index (κ2) is 7.72. The molecule has 0 aromatic heterocycles. The summed E-state index contributed by atoms with van der Waals surface area (Å²) in [4.78, 5) is 18.5. The zero-order valence-corrected chi connectivity index (χ0v) is 16.6. The van der Waals surface area contributed by atoms with Gasteiger partial charge in [-0.25, -0.2) is 4.79 Å². The van der Waals surface area contributed by atoms with Crippen LogP contribution >= 0.6 is 0 Å². The second-order valence-corrected chi connectivity index (χ2v) is 7.56. The number of amides is 1. The van der Waals surface area contributed by atoms with Gasteiger partial charge in [0, 0.05) is 49.8 Å². The molecule has 0 saturated carbocycles. The quantitative estimate of drug-likeness (QED) is 0.884. The summed E-state index contributed by atoms with van der Waals surface area (Å²) < 4.78 is 5.24. The van der Waals surface area contributed by atoms with Crippen molar-refractivity contribution in [1.29, 1.82) is 0 Å². The first-order valence-corrected chi connectivity index (χ1v) is 9.91. The summed E-state index contributed by atoms with van der Waals surface area (Å²) in [5, 5.41) is 0. The second-order valence-electron chi connectivity index (χ2n) is 7.56. The smallest absolute Gasteiger partial charge is 0.414 e. The molecule has 28 heavy (non-hydrogen) atoms. The zero-order valence-electron chi connectivity index (χ0n) is 16.6. The van der Waals surface area contributed by atoms with Crippen LogP contribution in [-0.4, -0.2) is 51.5 Å². The van der Waals surface area contributed by atoms with Crippen LogP contribution in [0.25, 0.3) is 0 Å². The number of nitrogens with two attached hydrogens (primary N) is 1. The lowest BCUT2D eigenvalue weighted by atomic mass is 10.1. The van der Waals surface area contributed by atoms with Gasteiger partial charge in [-0.05, 0) is 55.3 Å². The third-order valence-corrected chi connectivity index (χ3v) is 5.86. The molecule has 2 N–H and O–H groups in total. The predicted molar refractivity (Wildman–Crippen MR) is 113 cm³/mol. The van der Waals surface area contributed by atoms with Crippen LogP contribution in [0.3, 0.4) is 0 Å². The molecule has 0 unspecified atom stereocenters. The van der Waals surface area contributed by atoms with E-state index < -0.39 is 0 Å². The lowest BCUT2D eigenvalue weighted by Crippen LogP contribution is -2.46. The minimum atomic E-state index is -0.315. The van der Waals surface area contributed by atoms with Crippen molar-refractivity contribution in [2.75, 3.05) is 54.0 Å². The number of carbonyl (C=O) groups is 1. The van der Waals surface area contributed by atoms with Crippen LogP contribution in [0.5, 0.6) is 0 Å². The predicted octanol–water partition coefficient (Wildman–Crippen LogP) is 2.91. The van der Waals surface area contributed by atoms with E-state index in [9.17, 15) is 4.79 Å². The van der Waals surface area contributed by atoms with Crippen molar-refractivity contribution in [2.24, 2.45) is 5.73 Å². The van der Waals surface area contributed by atoms with Gasteiger partial charge >= 0.3 is 6.09 Å². The molecule has 1 amide bonds. The Morgan fingerprint density at radius 2 is 1.61 bits per heavy atom. The van der Waals surface area contributed by atoms with Crippen molar-refractivity contribution in [3.8, 4) is 0 Å². The molecule has 4 rings (SSSR count). The number of benzene rings is 2. The monoisotopic (exact) mass is 380 g/mol. The number of nitrogens with zero attached hydrogens (tertiary/aromatic N) is 3. The maximum Gasteiger partial charge on any atom is 0.414 e. The molecule has 0 spiro atoms. The lowest BCUT2D eigenvalue weighted by molar-refractivity contribution is 0.145. The van der Waals surface area contributed by atoms with Crippen molar-refractivity contribution in [2.45, 2.75) is 20.0 Å². The number of hydrogen-bond donors (Lipinski definition) is 1. The van der Waals surface area contributed by atoms with Gasteiger partial charge in [-0.1, -0.05) is 12.1 Å². The Morgan fingerprint density at radius 1 is 0.964 bits per heavy atom. The lowest BCUT2D eigenvalue weighted by Gasteiger charge is -2.38. The van der Waals surface area contributed by atoms with Gasteiger partial charge in [-0.3, -0.25) is 4.90 Å². The van der Waals surface area contributed by atoms with Crippen LogP contribution in [0.4, 0.5) is 21.9 Å². The molecule has 2 aliphatic heterocycles. The Balaban J connectivity index is 1.40.